The molecular formula is C22H22N2O5. The van der Waals surface area contributed by atoms with E-state index in [0.29, 0.717) is 35.3 Å². The number of aromatic amines is 1. The topological polar surface area (TPSA) is 108 Å². The zero-order valence-electron chi connectivity index (χ0n) is 16.3. The predicted molar refractivity (Wildman–Crippen MR) is 107 cm³/mol. The number of pyridine rings is 1. The number of para-hydroxylation sites is 1. The molecule has 1 atom stereocenters. The summed E-state index contributed by atoms with van der Waals surface area (Å²) in [6.45, 7) is 4.12. The summed E-state index contributed by atoms with van der Waals surface area (Å²) in [5, 5.41) is 9.48. The number of fused-ring (bicyclic) bond motifs is 2. The number of amides is 1. The van der Waals surface area contributed by atoms with Crippen LogP contribution >= 0.6 is 0 Å². The lowest BCUT2D eigenvalue weighted by molar-refractivity contribution is -0.139. The molecule has 2 N–H and O–H groups in total. The van der Waals surface area contributed by atoms with Gasteiger partial charge in [-0.3, -0.25) is 19.2 Å². The Bertz CT molecular complexity index is 1100. The molecule has 2 aromatic rings. The lowest BCUT2D eigenvalue weighted by Gasteiger charge is -2.33. The third-order valence-corrected chi connectivity index (χ3v) is 5.74. The number of aliphatic carboxylic acids is 1. The van der Waals surface area contributed by atoms with Crippen molar-refractivity contribution in [2.45, 2.75) is 39.0 Å². The van der Waals surface area contributed by atoms with Gasteiger partial charge in [0.05, 0.1) is 5.92 Å². The first-order valence-electron chi connectivity index (χ1n) is 9.61. The number of nitrogens with one attached hydrogen (secondary N) is 1. The first kappa shape index (κ1) is 19.1. The molecule has 150 valence electrons. The quantitative estimate of drug-likeness (QED) is 0.814. The number of carboxylic acids is 1. The molecule has 1 aliphatic carbocycles. The summed E-state index contributed by atoms with van der Waals surface area (Å²) in [5.41, 5.74) is 1.12. The second-order valence-corrected chi connectivity index (χ2v) is 8.54. The van der Waals surface area contributed by atoms with Crippen LogP contribution in [-0.2, 0) is 11.2 Å². The van der Waals surface area contributed by atoms with Gasteiger partial charge in [0, 0.05) is 29.9 Å². The molecule has 1 amide bonds. The minimum atomic E-state index is -0.940. The molecule has 0 saturated carbocycles. The number of carbonyl (C=O) groups is 3. The Kier molecular flexibility index (Phi) is 4.41. The minimum absolute atomic E-state index is 0.0912. The molecule has 2 aliphatic rings. The number of aromatic nitrogens is 1. The molecule has 4 rings (SSSR count). The van der Waals surface area contributed by atoms with Crippen molar-refractivity contribution in [2.24, 2.45) is 5.41 Å². The normalized spacial score (nSPS) is 20.0. The summed E-state index contributed by atoms with van der Waals surface area (Å²) in [6.07, 6.45) is 1.17. The number of Topliss-reactive ketones (excluding diaryl/α,β-unsaturated/α-hetero) is 1. The Morgan fingerprint density at radius 1 is 1.17 bits per heavy atom. The average molecular weight is 394 g/mol. The smallest absolute Gasteiger partial charge is 0.311 e. The molecule has 1 unspecified atom stereocenters. The highest BCUT2D eigenvalue weighted by Gasteiger charge is 2.36. The summed E-state index contributed by atoms with van der Waals surface area (Å²) >= 11 is 0. The number of carboxylic acid groups (broad SMARTS) is 1. The third kappa shape index (κ3) is 3.26. The molecular weight excluding hydrogens is 372 g/mol. The second kappa shape index (κ2) is 6.69. The van der Waals surface area contributed by atoms with Gasteiger partial charge in [0.15, 0.2) is 5.78 Å². The van der Waals surface area contributed by atoms with Crippen molar-refractivity contribution in [2.75, 3.05) is 11.4 Å². The van der Waals surface area contributed by atoms with Crippen LogP contribution in [0.4, 0.5) is 5.69 Å². The highest BCUT2D eigenvalue weighted by Crippen LogP contribution is 2.37. The number of carbonyl (C=O) groups excluding carboxylic acids is 2. The van der Waals surface area contributed by atoms with E-state index >= 15 is 0 Å². The van der Waals surface area contributed by atoms with Crippen LogP contribution in [0, 0.1) is 5.41 Å². The maximum Gasteiger partial charge on any atom is 0.311 e. The highest BCUT2D eigenvalue weighted by molar-refractivity contribution is 6.09. The van der Waals surface area contributed by atoms with Gasteiger partial charge in [0.25, 0.3) is 11.5 Å². The Morgan fingerprint density at radius 3 is 2.62 bits per heavy atom. The summed E-state index contributed by atoms with van der Waals surface area (Å²) in [4.78, 5) is 54.2. The van der Waals surface area contributed by atoms with Crippen molar-refractivity contribution >= 4 is 23.3 Å². The van der Waals surface area contributed by atoms with Gasteiger partial charge in [-0.25, -0.2) is 0 Å². The third-order valence-electron chi connectivity index (χ3n) is 5.74. The molecule has 29 heavy (non-hydrogen) atoms. The van der Waals surface area contributed by atoms with E-state index in [1.54, 1.807) is 24.3 Å². The Morgan fingerprint density at radius 2 is 1.90 bits per heavy atom. The number of anilines is 1. The molecule has 2 heterocycles. The van der Waals surface area contributed by atoms with Crippen LogP contribution in [-0.4, -0.2) is 34.3 Å². The predicted octanol–water partition coefficient (Wildman–Crippen LogP) is 2.75. The summed E-state index contributed by atoms with van der Waals surface area (Å²) in [7, 11) is 0. The number of hydrogen-bond acceptors (Lipinski definition) is 4. The van der Waals surface area contributed by atoms with Crippen LogP contribution in [0.3, 0.4) is 0 Å². The largest absolute Gasteiger partial charge is 0.481 e. The van der Waals surface area contributed by atoms with E-state index in [-0.39, 0.29) is 29.7 Å². The van der Waals surface area contributed by atoms with Gasteiger partial charge in [0.1, 0.15) is 5.56 Å². The van der Waals surface area contributed by atoms with Gasteiger partial charge in [-0.2, -0.15) is 0 Å². The lowest BCUT2D eigenvalue weighted by atomic mass is 9.75. The lowest BCUT2D eigenvalue weighted by Crippen LogP contribution is -2.41. The van der Waals surface area contributed by atoms with Gasteiger partial charge < -0.3 is 15.0 Å². The van der Waals surface area contributed by atoms with Crippen molar-refractivity contribution in [1.29, 1.82) is 0 Å². The Labute approximate surface area is 167 Å². The standard InChI is InChI=1S/C22H22N2O5/c1-22(2)10-16-14(18(25)11-22)9-15(19(26)23-16)20(27)24-8-7-13(21(28)29)12-5-3-4-6-17(12)24/h3-6,9,13H,7-8,10-11H2,1-2H3,(H,23,26)(H,28,29). The van der Waals surface area contributed by atoms with Crippen molar-refractivity contribution in [3.8, 4) is 0 Å². The second-order valence-electron chi connectivity index (χ2n) is 8.54. The van der Waals surface area contributed by atoms with Gasteiger partial charge in [-0.15, -0.1) is 0 Å². The molecule has 1 aromatic carbocycles. The maximum atomic E-state index is 13.2. The van der Waals surface area contributed by atoms with Gasteiger partial charge in [0.2, 0.25) is 0 Å². The first-order valence-corrected chi connectivity index (χ1v) is 9.61. The van der Waals surface area contributed by atoms with E-state index in [2.05, 4.69) is 4.98 Å². The van der Waals surface area contributed by atoms with Crippen molar-refractivity contribution < 1.29 is 19.5 Å². The summed E-state index contributed by atoms with van der Waals surface area (Å²) in [5.74, 6) is -2.25. The van der Waals surface area contributed by atoms with Gasteiger partial charge >= 0.3 is 5.97 Å². The van der Waals surface area contributed by atoms with Crippen LogP contribution in [0.15, 0.2) is 35.1 Å². The molecule has 1 aromatic heterocycles. The molecule has 0 radical (unpaired) electrons. The number of rotatable bonds is 2. The van der Waals surface area contributed by atoms with E-state index in [9.17, 15) is 24.3 Å². The molecule has 0 bridgehead atoms. The fourth-order valence-corrected chi connectivity index (χ4v) is 4.36. The van der Waals surface area contributed by atoms with Crippen molar-refractivity contribution in [3.63, 3.8) is 0 Å². The van der Waals surface area contributed by atoms with E-state index in [1.165, 1.54) is 11.0 Å². The van der Waals surface area contributed by atoms with E-state index in [4.69, 9.17) is 0 Å². The highest BCUT2D eigenvalue weighted by atomic mass is 16.4. The molecule has 7 nitrogen and oxygen atoms in total. The summed E-state index contributed by atoms with van der Waals surface area (Å²) < 4.78 is 0. The van der Waals surface area contributed by atoms with Gasteiger partial charge in [-0.05, 0) is 36.0 Å². The van der Waals surface area contributed by atoms with Crippen molar-refractivity contribution in [3.05, 3.63) is 63.1 Å². The van der Waals surface area contributed by atoms with Crippen LogP contribution in [0.25, 0.3) is 0 Å². The molecule has 0 fully saturated rings. The minimum Gasteiger partial charge on any atom is -0.481 e. The maximum absolute atomic E-state index is 13.2. The molecule has 1 aliphatic heterocycles. The zero-order valence-corrected chi connectivity index (χ0v) is 16.3. The number of benzene rings is 1. The molecule has 0 spiro atoms. The Balaban J connectivity index is 1.75. The summed E-state index contributed by atoms with van der Waals surface area (Å²) in [6, 6.07) is 8.24. The van der Waals surface area contributed by atoms with Crippen LogP contribution in [0.2, 0.25) is 0 Å². The number of ketones is 1. The van der Waals surface area contributed by atoms with Gasteiger partial charge in [-0.1, -0.05) is 32.0 Å². The molecule has 0 saturated heterocycles. The Hall–Kier alpha value is -3.22. The van der Waals surface area contributed by atoms with E-state index in [1.807, 2.05) is 13.8 Å². The monoisotopic (exact) mass is 394 g/mol. The fraction of sp³-hybridized carbons (Fsp3) is 0.364. The number of H-pyrrole nitrogens is 1. The number of hydrogen-bond donors (Lipinski definition) is 2. The van der Waals surface area contributed by atoms with Crippen molar-refractivity contribution in [1.82, 2.24) is 4.98 Å². The van der Waals surface area contributed by atoms with E-state index < -0.39 is 23.4 Å². The average Bonchev–Trinajstić information content (AvgIpc) is 2.65. The zero-order chi connectivity index (χ0) is 20.9. The van der Waals surface area contributed by atoms with Crippen LogP contribution in [0.5, 0.6) is 0 Å². The van der Waals surface area contributed by atoms with E-state index in [0.717, 1.165) is 0 Å². The van der Waals surface area contributed by atoms with Crippen LogP contribution < -0.4 is 10.5 Å². The SMILES string of the molecule is CC1(C)CC(=O)c2cc(C(=O)N3CCC(C(=O)O)c4ccccc43)c(=O)[nH]c2C1. The number of nitrogens with zero attached hydrogens (tertiary/aromatic N) is 1. The fourth-order valence-electron chi connectivity index (χ4n) is 4.36. The van der Waals surface area contributed by atoms with Crippen LogP contribution in [0.1, 0.15) is 64.6 Å². The first-order chi connectivity index (χ1) is 13.7. The molecule has 7 heteroatoms.